The predicted octanol–water partition coefficient (Wildman–Crippen LogP) is 3.29. The molecule has 1 N–H and O–H groups in total. The summed E-state index contributed by atoms with van der Waals surface area (Å²) in [5.74, 6) is -1.49. The summed E-state index contributed by atoms with van der Waals surface area (Å²) in [4.78, 5) is 52.1. The second-order valence-corrected chi connectivity index (χ2v) is 15.0. The fourth-order valence-corrected chi connectivity index (χ4v) is 10.7. The number of likely N-dealkylation sites (tertiary alicyclic amines) is 1. The minimum atomic E-state index is -0.773. The average Bonchev–Trinajstić information content (AvgIpc) is 3.67. The van der Waals surface area contributed by atoms with Crippen LogP contribution in [-0.4, -0.2) is 124 Å². The lowest BCUT2D eigenvalue weighted by Crippen LogP contribution is -2.60. The zero-order valence-electron chi connectivity index (χ0n) is 27.8. The maximum atomic E-state index is 15.0. The number of hydrogen-bond acceptors (Lipinski definition) is 7. The van der Waals surface area contributed by atoms with Crippen LogP contribution < -0.4 is 0 Å². The van der Waals surface area contributed by atoms with E-state index in [1.807, 2.05) is 54.0 Å². The van der Waals surface area contributed by atoms with E-state index in [-0.39, 0.29) is 41.4 Å². The van der Waals surface area contributed by atoms with Crippen molar-refractivity contribution in [1.29, 1.82) is 0 Å². The van der Waals surface area contributed by atoms with E-state index in [2.05, 4.69) is 25.0 Å². The third kappa shape index (κ3) is 6.30. The molecule has 3 unspecified atom stereocenters. The monoisotopic (exact) mass is 652 g/mol. The predicted molar refractivity (Wildman–Crippen MR) is 182 cm³/mol. The van der Waals surface area contributed by atoms with E-state index < -0.39 is 28.7 Å². The number of rotatable bonds is 15. The van der Waals surface area contributed by atoms with Gasteiger partial charge in [0.2, 0.25) is 17.7 Å². The minimum Gasteiger partial charge on any atom is -0.394 e. The van der Waals surface area contributed by atoms with Crippen LogP contribution in [0.4, 0.5) is 0 Å². The molecule has 10 heteroatoms. The molecule has 9 nitrogen and oxygen atoms in total. The third-order valence-corrected chi connectivity index (χ3v) is 13.0. The molecular formula is C36H52N4O5S. The van der Waals surface area contributed by atoms with Crippen molar-refractivity contribution in [3.63, 3.8) is 0 Å². The van der Waals surface area contributed by atoms with Crippen LogP contribution in [0, 0.1) is 23.7 Å². The van der Waals surface area contributed by atoms with Gasteiger partial charge in [-0.2, -0.15) is 0 Å². The van der Waals surface area contributed by atoms with E-state index in [1.54, 1.807) is 28.8 Å². The Morgan fingerprint density at radius 2 is 1.80 bits per heavy atom. The maximum absolute atomic E-state index is 15.0. The zero-order chi connectivity index (χ0) is 33.0. The first kappa shape index (κ1) is 34.7. The molecular weight excluding hydrogens is 600 g/mol. The highest BCUT2D eigenvalue weighted by atomic mass is 32.2. The highest BCUT2D eigenvalue weighted by Crippen LogP contribution is 2.69. The molecule has 0 aromatic heterocycles. The number of ether oxygens (including phenoxy) is 1. The third-order valence-electron chi connectivity index (χ3n) is 10.9. The van der Waals surface area contributed by atoms with Gasteiger partial charge in [0.25, 0.3) is 0 Å². The Morgan fingerprint density at radius 1 is 1.13 bits per heavy atom. The molecule has 3 amide bonds. The highest BCUT2D eigenvalue weighted by Gasteiger charge is 2.77. The second kappa shape index (κ2) is 15.0. The fourth-order valence-electron chi connectivity index (χ4n) is 8.30. The molecule has 5 rings (SSSR count). The summed E-state index contributed by atoms with van der Waals surface area (Å²) in [5, 5.41) is 10.7. The Balaban J connectivity index is 1.52. The molecule has 1 spiro atoms. The summed E-state index contributed by atoms with van der Waals surface area (Å²) >= 11 is 1.69. The van der Waals surface area contributed by atoms with Crippen molar-refractivity contribution < 1.29 is 24.2 Å². The van der Waals surface area contributed by atoms with E-state index in [0.717, 1.165) is 31.5 Å². The molecule has 2 bridgehead atoms. The highest BCUT2D eigenvalue weighted by molar-refractivity contribution is 8.02. The van der Waals surface area contributed by atoms with E-state index in [4.69, 9.17) is 4.74 Å². The summed E-state index contributed by atoms with van der Waals surface area (Å²) in [6, 6.07) is 8.59. The Labute approximate surface area is 279 Å². The molecule has 0 radical (unpaired) electrons. The number of nitrogens with zero attached hydrogens (tertiary/aromatic N) is 4. The fraction of sp³-hybridized carbons (Fsp3) is 0.639. The number of aliphatic hydroxyl groups is 1. The Bertz CT molecular complexity index is 1260. The van der Waals surface area contributed by atoms with E-state index in [9.17, 15) is 19.5 Å². The van der Waals surface area contributed by atoms with Crippen LogP contribution >= 0.6 is 11.8 Å². The van der Waals surface area contributed by atoms with Crippen molar-refractivity contribution in [1.82, 2.24) is 19.6 Å². The van der Waals surface area contributed by atoms with Crippen LogP contribution in [-0.2, 0) is 25.7 Å². The van der Waals surface area contributed by atoms with Gasteiger partial charge < -0.3 is 24.5 Å². The van der Waals surface area contributed by atoms with Crippen LogP contribution in [0.25, 0.3) is 0 Å². The first-order valence-electron chi connectivity index (χ1n) is 17.0. The molecule has 4 saturated heterocycles. The first-order chi connectivity index (χ1) is 22.2. The van der Waals surface area contributed by atoms with Crippen LogP contribution in [0.2, 0.25) is 0 Å². The largest absolute Gasteiger partial charge is 0.394 e. The van der Waals surface area contributed by atoms with E-state index in [1.165, 1.54) is 0 Å². The molecule has 252 valence electrons. The molecule has 1 aromatic rings. The van der Waals surface area contributed by atoms with Crippen molar-refractivity contribution in [2.75, 3.05) is 59.1 Å². The lowest BCUT2D eigenvalue weighted by molar-refractivity contribution is -0.148. The number of thioether (sulfide) groups is 1. The van der Waals surface area contributed by atoms with E-state index in [0.29, 0.717) is 45.9 Å². The summed E-state index contributed by atoms with van der Waals surface area (Å²) < 4.78 is 4.76. The molecule has 0 aliphatic carbocycles. The minimum absolute atomic E-state index is 0.0253. The Morgan fingerprint density at radius 3 is 2.43 bits per heavy atom. The lowest BCUT2D eigenvalue weighted by atomic mass is 9.65. The summed E-state index contributed by atoms with van der Waals surface area (Å²) in [6.45, 7) is 19.2. The number of fused-ring (bicyclic) bond motifs is 1. The summed E-state index contributed by atoms with van der Waals surface area (Å²) in [6.07, 6.45) is 5.00. The number of morpholine rings is 1. The van der Waals surface area contributed by atoms with Crippen molar-refractivity contribution in [3.8, 4) is 0 Å². The first-order valence-corrected chi connectivity index (χ1v) is 17.9. The van der Waals surface area contributed by atoms with Crippen LogP contribution in [0.3, 0.4) is 0 Å². The molecule has 1 aromatic carbocycles. The Kier molecular flexibility index (Phi) is 11.3. The smallest absolute Gasteiger partial charge is 0.247 e. The van der Waals surface area contributed by atoms with Gasteiger partial charge >= 0.3 is 0 Å². The maximum Gasteiger partial charge on any atom is 0.247 e. The van der Waals surface area contributed by atoms with Crippen LogP contribution in [0.5, 0.6) is 0 Å². The standard InChI is InChI=1S/C36H52N4O5S/c1-6-14-38(17-16-37-18-20-45-21-19-37)35(44)32-36-26(5)22-29(46-36)30(31(36)34(43)40(32)28(24-41)25(4)8-3)33(42)39(15-7-2)23-27-12-10-9-11-13-27/h6-7,9-13,25-26,28-32,41H,1-2,8,14-24H2,3-5H3/t25-,26?,28-,29-,30+,31-,32?,36?/m0/s1. The van der Waals surface area contributed by atoms with Gasteiger partial charge in [-0.05, 0) is 23.8 Å². The van der Waals surface area contributed by atoms with Gasteiger partial charge in [0.05, 0.1) is 42.4 Å². The molecule has 4 aliphatic heterocycles. The molecule has 4 heterocycles. The molecule has 0 saturated carbocycles. The van der Waals surface area contributed by atoms with Crippen LogP contribution in [0.1, 0.15) is 39.2 Å². The van der Waals surface area contributed by atoms with Gasteiger partial charge in [-0.1, -0.05) is 69.7 Å². The van der Waals surface area contributed by atoms with Gasteiger partial charge in [-0.3, -0.25) is 19.3 Å². The van der Waals surface area contributed by atoms with E-state index >= 15 is 0 Å². The SMILES string of the molecule is C=CCN(CCN1CCOCC1)C(=O)C1N([C@@H](CO)[C@@H](C)CC)C(=O)[C@@H]2[C@H](C(=O)N(CC=C)Cc3ccccc3)[C@@H]3CC(C)C12S3. The van der Waals surface area contributed by atoms with Crippen molar-refractivity contribution >= 4 is 29.5 Å². The van der Waals surface area contributed by atoms with Crippen LogP contribution in [0.15, 0.2) is 55.6 Å². The summed E-state index contributed by atoms with van der Waals surface area (Å²) in [5.41, 5.74) is 1.02. The Hall–Kier alpha value is -2.66. The number of benzene rings is 1. The molecule has 4 aliphatic rings. The number of hydrogen-bond donors (Lipinski definition) is 1. The van der Waals surface area contributed by atoms with Gasteiger partial charge in [-0.15, -0.1) is 24.9 Å². The van der Waals surface area contributed by atoms with Gasteiger partial charge in [0, 0.05) is 51.1 Å². The van der Waals surface area contributed by atoms with Gasteiger partial charge in [0.1, 0.15) is 6.04 Å². The second-order valence-electron chi connectivity index (χ2n) is 13.5. The van der Waals surface area contributed by atoms with Crippen molar-refractivity contribution in [2.24, 2.45) is 23.7 Å². The number of aliphatic hydroxyl groups excluding tert-OH is 1. The topological polar surface area (TPSA) is 93.6 Å². The number of carbonyl (C=O) groups excluding carboxylic acids is 3. The number of amides is 3. The van der Waals surface area contributed by atoms with Gasteiger partial charge in [0.15, 0.2) is 0 Å². The van der Waals surface area contributed by atoms with Crippen molar-refractivity contribution in [3.05, 3.63) is 61.2 Å². The molecule has 4 fully saturated rings. The average molecular weight is 653 g/mol. The van der Waals surface area contributed by atoms with Crippen molar-refractivity contribution in [2.45, 2.75) is 62.2 Å². The molecule has 46 heavy (non-hydrogen) atoms. The normalized spacial score (nSPS) is 30.1. The quantitative estimate of drug-likeness (QED) is 0.291. The zero-order valence-corrected chi connectivity index (χ0v) is 28.6. The van der Waals surface area contributed by atoms with Gasteiger partial charge in [-0.25, -0.2) is 0 Å². The lowest BCUT2D eigenvalue weighted by Gasteiger charge is -2.43. The summed E-state index contributed by atoms with van der Waals surface area (Å²) in [7, 11) is 0. The number of carbonyl (C=O) groups is 3. The molecule has 8 atom stereocenters.